The molecule has 0 rings (SSSR count). The van der Waals surface area contributed by atoms with Crippen molar-refractivity contribution in [3.05, 3.63) is 0 Å². The number of urea groups is 1. The van der Waals surface area contributed by atoms with Gasteiger partial charge in [0, 0.05) is 20.2 Å². The maximum Gasteiger partial charge on any atom is 0.321 e. The Morgan fingerprint density at radius 1 is 1.38 bits per heavy atom. The fourth-order valence-corrected chi connectivity index (χ4v) is 1.20. The van der Waals surface area contributed by atoms with Crippen LogP contribution in [0.3, 0.4) is 0 Å². The second-order valence-corrected chi connectivity index (χ2v) is 3.52. The summed E-state index contributed by atoms with van der Waals surface area (Å²) in [6.45, 7) is 4.24. The van der Waals surface area contributed by atoms with Crippen LogP contribution < -0.4 is 16.0 Å². The molecular formula is C10H21N3O3. The number of rotatable bonds is 6. The topological polar surface area (TPSA) is 79.5 Å². The molecule has 0 saturated carbocycles. The van der Waals surface area contributed by atoms with Crippen LogP contribution in [0.5, 0.6) is 0 Å². The van der Waals surface area contributed by atoms with Crippen LogP contribution in [0.4, 0.5) is 4.79 Å². The molecule has 0 radical (unpaired) electrons. The number of hydrogen-bond acceptors (Lipinski definition) is 4. The second-order valence-electron chi connectivity index (χ2n) is 3.52. The summed E-state index contributed by atoms with van der Waals surface area (Å²) >= 11 is 0. The van der Waals surface area contributed by atoms with Gasteiger partial charge >= 0.3 is 6.03 Å². The van der Waals surface area contributed by atoms with Gasteiger partial charge in [0.15, 0.2) is 0 Å². The van der Waals surface area contributed by atoms with Crippen LogP contribution in [-0.2, 0) is 9.53 Å². The molecule has 0 aliphatic carbocycles. The molecule has 2 atom stereocenters. The van der Waals surface area contributed by atoms with Crippen LogP contribution in [0, 0.1) is 0 Å². The molecule has 0 heterocycles. The Hall–Kier alpha value is -1.14. The van der Waals surface area contributed by atoms with Gasteiger partial charge in [0.1, 0.15) is 0 Å². The van der Waals surface area contributed by atoms with Gasteiger partial charge in [0.2, 0.25) is 5.91 Å². The zero-order valence-electron chi connectivity index (χ0n) is 10.3. The van der Waals surface area contributed by atoms with Gasteiger partial charge in [-0.3, -0.25) is 10.1 Å². The largest absolute Gasteiger partial charge is 0.383 e. The zero-order valence-corrected chi connectivity index (χ0v) is 10.3. The summed E-state index contributed by atoms with van der Waals surface area (Å²) in [6, 6.07) is -0.828. The molecule has 0 aromatic rings. The Kier molecular flexibility index (Phi) is 7.49. The van der Waals surface area contributed by atoms with Crippen molar-refractivity contribution in [1.29, 1.82) is 0 Å². The highest BCUT2D eigenvalue weighted by Gasteiger charge is 2.18. The van der Waals surface area contributed by atoms with Gasteiger partial charge in [-0.2, -0.15) is 0 Å². The number of ether oxygens (including phenoxy) is 1. The van der Waals surface area contributed by atoms with E-state index in [9.17, 15) is 9.59 Å². The molecular weight excluding hydrogens is 210 g/mol. The minimum atomic E-state index is -0.501. The van der Waals surface area contributed by atoms with Crippen molar-refractivity contribution < 1.29 is 14.3 Å². The van der Waals surface area contributed by atoms with E-state index in [1.165, 1.54) is 7.05 Å². The van der Waals surface area contributed by atoms with E-state index in [1.54, 1.807) is 14.0 Å². The first kappa shape index (κ1) is 14.9. The molecule has 0 fully saturated rings. The van der Waals surface area contributed by atoms with Crippen molar-refractivity contribution in [1.82, 2.24) is 16.0 Å². The minimum absolute atomic E-state index is 0.107. The van der Waals surface area contributed by atoms with Crippen LogP contribution in [0.15, 0.2) is 0 Å². The predicted molar refractivity (Wildman–Crippen MR) is 61.2 cm³/mol. The molecule has 0 aliphatic heterocycles. The Labute approximate surface area is 96.1 Å². The number of carbonyl (C=O) groups is 2. The van der Waals surface area contributed by atoms with E-state index in [2.05, 4.69) is 16.0 Å². The second kappa shape index (κ2) is 8.06. The van der Waals surface area contributed by atoms with Crippen LogP contribution >= 0.6 is 0 Å². The summed E-state index contributed by atoms with van der Waals surface area (Å²) in [6.07, 6.45) is 0.853. The minimum Gasteiger partial charge on any atom is -0.383 e. The normalized spacial score (nSPS) is 14.0. The average Bonchev–Trinajstić information content (AvgIpc) is 2.27. The summed E-state index contributed by atoms with van der Waals surface area (Å²) in [5, 5.41) is 7.61. The van der Waals surface area contributed by atoms with E-state index < -0.39 is 12.1 Å². The van der Waals surface area contributed by atoms with Crippen molar-refractivity contribution in [2.45, 2.75) is 32.4 Å². The lowest BCUT2D eigenvalue weighted by atomic mass is 10.2. The molecule has 0 spiro atoms. The molecule has 0 aromatic heterocycles. The number of carbonyl (C=O) groups excluding carboxylic acids is 2. The average molecular weight is 231 g/mol. The number of hydrogen-bond donors (Lipinski definition) is 3. The first-order valence-corrected chi connectivity index (χ1v) is 5.32. The van der Waals surface area contributed by atoms with E-state index >= 15 is 0 Å². The highest BCUT2D eigenvalue weighted by molar-refractivity contribution is 5.96. The fourth-order valence-electron chi connectivity index (χ4n) is 1.20. The molecule has 0 bridgehead atoms. The van der Waals surface area contributed by atoms with Crippen LogP contribution in [0.25, 0.3) is 0 Å². The predicted octanol–water partition coefficient (Wildman–Crippen LogP) is -0.155. The first-order valence-electron chi connectivity index (χ1n) is 5.32. The zero-order chi connectivity index (χ0) is 12.6. The summed E-state index contributed by atoms with van der Waals surface area (Å²) in [5.74, 6) is -0.353. The molecule has 3 amide bonds. The quantitative estimate of drug-likeness (QED) is 0.593. The smallest absolute Gasteiger partial charge is 0.321 e. The Balaban J connectivity index is 4.07. The highest BCUT2D eigenvalue weighted by Crippen LogP contribution is 1.94. The van der Waals surface area contributed by atoms with Crippen molar-refractivity contribution in [2.24, 2.45) is 0 Å². The van der Waals surface area contributed by atoms with Crippen LogP contribution in [-0.4, -0.2) is 44.8 Å². The third kappa shape index (κ3) is 5.67. The SMILES string of the molecule is CCC(COC)NC(C)C(=O)NC(=O)NC. The van der Waals surface area contributed by atoms with E-state index in [0.29, 0.717) is 6.61 Å². The van der Waals surface area contributed by atoms with Crippen molar-refractivity contribution in [3.8, 4) is 0 Å². The molecule has 0 saturated heterocycles. The lowest BCUT2D eigenvalue weighted by molar-refractivity contribution is -0.121. The van der Waals surface area contributed by atoms with Gasteiger partial charge in [0.05, 0.1) is 12.6 Å². The van der Waals surface area contributed by atoms with Crippen molar-refractivity contribution in [3.63, 3.8) is 0 Å². The number of amides is 3. The van der Waals surface area contributed by atoms with E-state index in [1.807, 2.05) is 6.92 Å². The summed E-state index contributed by atoms with van der Waals surface area (Å²) in [7, 11) is 3.07. The van der Waals surface area contributed by atoms with E-state index in [4.69, 9.17) is 4.74 Å². The molecule has 6 nitrogen and oxygen atoms in total. The fraction of sp³-hybridized carbons (Fsp3) is 0.800. The van der Waals surface area contributed by atoms with Crippen molar-refractivity contribution >= 4 is 11.9 Å². The van der Waals surface area contributed by atoms with Gasteiger partial charge in [-0.05, 0) is 13.3 Å². The molecule has 0 aromatic carbocycles. The Morgan fingerprint density at radius 2 is 2.00 bits per heavy atom. The summed E-state index contributed by atoms with van der Waals surface area (Å²) in [4.78, 5) is 22.4. The van der Waals surface area contributed by atoms with E-state index in [0.717, 1.165) is 6.42 Å². The molecule has 0 aliphatic rings. The highest BCUT2D eigenvalue weighted by atomic mass is 16.5. The molecule has 6 heteroatoms. The molecule has 94 valence electrons. The summed E-state index contributed by atoms with van der Waals surface area (Å²) in [5.41, 5.74) is 0. The maximum atomic E-state index is 11.5. The number of imide groups is 1. The van der Waals surface area contributed by atoms with Crippen LogP contribution in [0.2, 0.25) is 0 Å². The lowest BCUT2D eigenvalue weighted by Crippen LogP contribution is -2.50. The van der Waals surface area contributed by atoms with Crippen molar-refractivity contribution in [2.75, 3.05) is 20.8 Å². The first-order chi connectivity index (χ1) is 7.54. The van der Waals surface area contributed by atoms with Gasteiger partial charge < -0.3 is 15.4 Å². The van der Waals surface area contributed by atoms with Gasteiger partial charge in [-0.15, -0.1) is 0 Å². The van der Waals surface area contributed by atoms with Gasteiger partial charge in [-0.1, -0.05) is 6.92 Å². The lowest BCUT2D eigenvalue weighted by Gasteiger charge is -2.20. The third-order valence-electron chi connectivity index (χ3n) is 2.20. The summed E-state index contributed by atoms with van der Waals surface area (Å²) < 4.78 is 5.00. The van der Waals surface area contributed by atoms with Crippen LogP contribution in [0.1, 0.15) is 20.3 Å². The number of nitrogens with one attached hydrogen (secondary N) is 3. The van der Waals surface area contributed by atoms with Gasteiger partial charge in [-0.25, -0.2) is 4.79 Å². The standard InChI is InChI=1S/C10H21N3O3/c1-5-8(6-16-4)12-7(2)9(14)13-10(15)11-3/h7-8,12H,5-6H2,1-4H3,(H2,11,13,14,15). The van der Waals surface area contributed by atoms with E-state index in [-0.39, 0.29) is 11.9 Å². The maximum absolute atomic E-state index is 11.5. The molecule has 16 heavy (non-hydrogen) atoms. The molecule has 2 unspecified atom stereocenters. The Morgan fingerprint density at radius 3 is 2.44 bits per heavy atom. The molecule has 3 N–H and O–H groups in total. The van der Waals surface area contributed by atoms with Gasteiger partial charge in [0.25, 0.3) is 0 Å². The Bertz CT molecular complexity index is 233. The number of methoxy groups -OCH3 is 1. The third-order valence-corrected chi connectivity index (χ3v) is 2.20. The monoisotopic (exact) mass is 231 g/mol.